The highest BCUT2D eigenvalue weighted by Gasteiger charge is 2.16. The molecule has 0 atom stereocenters. The van der Waals surface area contributed by atoms with E-state index in [4.69, 9.17) is 4.42 Å². The third-order valence-electron chi connectivity index (χ3n) is 5.58. The van der Waals surface area contributed by atoms with Crippen LogP contribution in [0.4, 0.5) is 11.4 Å². The first-order valence-corrected chi connectivity index (χ1v) is 13.1. The number of carbonyl (C=O) groups is 4. The normalized spacial score (nSPS) is 11.0. The summed E-state index contributed by atoms with van der Waals surface area (Å²) in [5, 5.41) is 17.3. The molecule has 0 fully saturated rings. The number of aryl methyl sites for hydroxylation is 1. The Balaban J connectivity index is 1.41. The fourth-order valence-electron chi connectivity index (χ4n) is 3.54. The van der Waals surface area contributed by atoms with Gasteiger partial charge in [-0.3, -0.25) is 14.4 Å². The zero-order valence-electron chi connectivity index (χ0n) is 21.3. The van der Waals surface area contributed by atoms with Gasteiger partial charge in [0, 0.05) is 27.9 Å². The number of hydrogen-bond acceptors (Lipinski definition) is 6. The Morgan fingerprint density at radius 3 is 2.40 bits per heavy atom. The lowest BCUT2D eigenvalue weighted by molar-refractivity contribution is -0.114. The van der Waals surface area contributed by atoms with E-state index in [1.807, 2.05) is 0 Å². The SMILES string of the molecule is Cc1ccc(C(=O)O)cc1NC(=O)CSc1cccc(NC(=O)/C(=C/c2ccco2)NC(=O)c2ccccc2)c1. The molecule has 1 aromatic heterocycles. The van der Waals surface area contributed by atoms with Crippen molar-refractivity contribution in [3.05, 3.63) is 119 Å². The lowest BCUT2D eigenvalue weighted by atomic mass is 10.1. The zero-order chi connectivity index (χ0) is 28.5. The molecule has 0 saturated heterocycles. The van der Waals surface area contributed by atoms with Crippen molar-refractivity contribution in [2.75, 3.05) is 16.4 Å². The number of furan rings is 1. The number of anilines is 2. The molecule has 4 aromatic rings. The van der Waals surface area contributed by atoms with Crippen LogP contribution in [0.25, 0.3) is 6.08 Å². The molecule has 0 saturated carbocycles. The van der Waals surface area contributed by atoms with Gasteiger partial charge in [0.2, 0.25) is 5.91 Å². The molecule has 3 amide bonds. The van der Waals surface area contributed by atoms with Gasteiger partial charge in [-0.1, -0.05) is 30.3 Å². The Morgan fingerprint density at radius 1 is 0.875 bits per heavy atom. The molecule has 202 valence electrons. The Labute approximate surface area is 234 Å². The topological polar surface area (TPSA) is 138 Å². The van der Waals surface area contributed by atoms with Gasteiger partial charge in [0.25, 0.3) is 11.8 Å². The number of carbonyl (C=O) groups excluding carboxylic acids is 3. The number of carboxylic acid groups (broad SMARTS) is 1. The minimum atomic E-state index is -1.08. The number of benzene rings is 3. The van der Waals surface area contributed by atoms with Crippen molar-refractivity contribution in [2.45, 2.75) is 11.8 Å². The smallest absolute Gasteiger partial charge is 0.335 e. The van der Waals surface area contributed by atoms with Gasteiger partial charge in [-0.15, -0.1) is 11.8 Å². The van der Waals surface area contributed by atoms with E-state index in [1.54, 1.807) is 79.7 Å². The number of hydrogen-bond donors (Lipinski definition) is 4. The van der Waals surface area contributed by atoms with Gasteiger partial charge in [0.1, 0.15) is 11.5 Å². The Morgan fingerprint density at radius 2 is 1.68 bits per heavy atom. The summed E-state index contributed by atoms with van der Waals surface area (Å²) in [6.45, 7) is 1.78. The quantitative estimate of drug-likeness (QED) is 0.151. The molecule has 10 heteroatoms. The summed E-state index contributed by atoms with van der Waals surface area (Å²) in [6.07, 6.45) is 2.89. The van der Waals surface area contributed by atoms with Crippen LogP contribution in [0.3, 0.4) is 0 Å². The predicted octanol–water partition coefficient (Wildman–Crippen LogP) is 5.43. The van der Waals surface area contributed by atoms with E-state index in [9.17, 15) is 24.3 Å². The molecular formula is C30H25N3O6S. The summed E-state index contributed by atoms with van der Waals surface area (Å²) < 4.78 is 5.32. The lowest BCUT2D eigenvalue weighted by Crippen LogP contribution is -2.30. The summed E-state index contributed by atoms with van der Waals surface area (Å²) >= 11 is 1.25. The number of thioether (sulfide) groups is 1. The maximum Gasteiger partial charge on any atom is 0.335 e. The molecule has 0 radical (unpaired) electrons. The van der Waals surface area contributed by atoms with Crippen molar-refractivity contribution in [1.29, 1.82) is 0 Å². The molecule has 0 bridgehead atoms. The van der Waals surface area contributed by atoms with Crippen LogP contribution in [-0.2, 0) is 9.59 Å². The molecule has 9 nitrogen and oxygen atoms in total. The van der Waals surface area contributed by atoms with Crippen LogP contribution in [0, 0.1) is 6.92 Å². The highest BCUT2D eigenvalue weighted by atomic mass is 32.2. The minimum Gasteiger partial charge on any atom is -0.478 e. The maximum atomic E-state index is 13.1. The standard InChI is InChI=1S/C30H25N3O6S/c1-19-12-13-21(30(37)38)15-25(19)32-27(34)18-40-24-11-5-9-22(16-24)31-29(36)26(17-23-10-6-14-39-23)33-28(35)20-7-3-2-4-8-20/h2-17H,18H2,1H3,(H,31,36)(H,32,34)(H,33,35)(H,37,38)/b26-17-. The second-order valence-corrected chi connectivity index (χ2v) is 9.60. The van der Waals surface area contributed by atoms with Crippen molar-refractivity contribution >= 4 is 52.9 Å². The van der Waals surface area contributed by atoms with Gasteiger partial charge in [-0.25, -0.2) is 4.79 Å². The lowest BCUT2D eigenvalue weighted by Gasteiger charge is -2.12. The van der Waals surface area contributed by atoms with Crippen molar-refractivity contribution < 1.29 is 28.7 Å². The van der Waals surface area contributed by atoms with Gasteiger partial charge >= 0.3 is 5.97 Å². The second kappa shape index (κ2) is 13.1. The van der Waals surface area contributed by atoms with E-state index < -0.39 is 17.8 Å². The summed E-state index contributed by atoms with van der Waals surface area (Å²) in [5.41, 5.74) is 2.09. The molecule has 40 heavy (non-hydrogen) atoms. The highest BCUT2D eigenvalue weighted by molar-refractivity contribution is 8.00. The van der Waals surface area contributed by atoms with Crippen LogP contribution in [-0.4, -0.2) is 34.6 Å². The molecule has 0 aliphatic heterocycles. The molecule has 4 rings (SSSR count). The zero-order valence-corrected chi connectivity index (χ0v) is 22.2. The van der Waals surface area contributed by atoms with Crippen LogP contribution >= 0.6 is 11.8 Å². The summed E-state index contributed by atoms with van der Waals surface area (Å²) in [7, 11) is 0. The van der Waals surface area contributed by atoms with Crippen molar-refractivity contribution in [3.8, 4) is 0 Å². The number of nitrogens with one attached hydrogen (secondary N) is 3. The predicted molar refractivity (Wildman–Crippen MR) is 153 cm³/mol. The van der Waals surface area contributed by atoms with Crippen LogP contribution in [0.15, 0.2) is 106 Å². The van der Waals surface area contributed by atoms with Gasteiger partial charge in [-0.05, 0) is 67.1 Å². The number of aromatic carboxylic acids is 1. The minimum absolute atomic E-state index is 0.0137. The van der Waals surface area contributed by atoms with E-state index >= 15 is 0 Å². The number of rotatable bonds is 10. The van der Waals surface area contributed by atoms with Crippen LogP contribution in [0.2, 0.25) is 0 Å². The summed E-state index contributed by atoms with van der Waals surface area (Å²) in [4.78, 5) is 50.3. The van der Waals surface area contributed by atoms with Gasteiger partial charge in [0.15, 0.2) is 0 Å². The van der Waals surface area contributed by atoms with E-state index in [2.05, 4.69) is 16.0 Å². The summed E-state index contributed by atoms with van der Waals surface area (Å²) in [5.74, 6) is -1.95. The maximum absolute atomic E-state index is 13.1. The van der Waals surface area contributed by atoms with E-state index in [1.165, 1.54) is 36.2 Å². The first-order valence-electron chi connectivity index (χ1n) is 12.1. The molecular weight excluding hydrogens is 530 g/mol. The Bertz CT molecular complexity index is 1570. The Kier molecular flexibility index (Phi) is 9.16. The number of carboxylic acids is 1. The first kappa shape index (κ1) is 27.9. The van der Waals surface area contributed by atoms with E-state index in [0.717, 1.165) is 5.56 Å². The third kappa shape index (κ3) is 7.71. The molecule has 4 N–H and O–H groups in total. The fraction of sp³-hybridized carbons (Fsp3) is 0.0667. The van der Waals surface area contributed by atoms with Crippen LogP contribution in [0.5, 0.6) is 0 Å². The molecule has 0 aliphatic rings. The van der Waals surface area contributed by atoms with Crippen molar-refractivity contribution in [2.24, 2.45) is 0 Å². The number of amides is 3. The molecule has 0 spiro atoms. The van der Waals surface area contributed by atoms with Gasteiger partial charge in [-0.2, -0.15) is 0 Å². The van der Waals surface area contributed by atoms with Gasteiger partial charge in [0.05, 0.1) is 17.6 Å². The monoisotopic (exact) mass is 555 g/mol. The van der Waals surface area contributed by atoms with Crippen LogP contribution < -0.4 is 16.0 Å². The Hall–Kier alpha value is -5.09. The fourth-order valence-corrected chi connectivity index (χ4v) is 4.30. The van der Waals surface area contributed by atoms with Crippen molar-refractivity contribution in [3.63, 3.8) is 0 Å². The second-order valence-electron chi connectivity index (χ2n) is 8.55. The molecule has 0 unspecified atom stereocenters. The molecule has 0 aliphatic carbocycles. The van der Waals surface area contributed by atoms with Crippen molar-refractivity contribution in [1.82, 2.24) is 5.32 Å². The first-order chi connectivity index (χ1) is 19.3. The molecule has 1 heterocycles. The van der Waals surface area contributed by atoms with E-state index in [0.29, 0.717) is 27.6 Å². The van der Waals surface area contributed by atoms with Crippen LogP contribution in [0.1, 0.15) is 32.0 Å². The van der Waals surface area contributed by atoms with E-state index in [-0.39, 0.29) is 22.9 Å². The largest absolute Gasteiger partial charge is 0.478 e. The third-order valence-corrected chi connectivity index (χ3v) is 6.57. The highest BCUT2D eigenvalue weighted by Crippen LogP contribution is 2.23. The average Bonchev–Trinajstić information content (AvgIpc) is 3.46. The average molecular weight is 556 g/mol. The van der Waals surface area contributed by atoms with Gasteiger partial charge < -0.3 is 25.5 Å². The molecule has 3 aromatic carbocycles. The summed E-state index contributed by atoms with van der Waals surface area (Å²) in [6, 6.07) is 23.3.